The van der Waals surface area contributed by atoms with E-state index in [-0.39, 0.29) is 6.07 Å². The highest BCUT2D eigenvalue weighted by atomic mass is 19.4. The fourth-order valence-electron chi connectivity index (χ4n) is 1.43. The minimum atomic E-state index is -5.16. The van der Waals surface area contributed by atoms with Crippen molar-refractivity contribution in [3.8, 4) is 0 Å². The number of carboxylic acid groups (broad SMARTS) is 1. The van der Waals surface area contributed by atoms with E-state index in [4.69, 9.17) is 10.6 Å². The summed E-state index contributed by atoms with van der Waals surface area (Å²) in [6.07, 6.45) is -9.82. The fraction of sp³-hybridized carbons (Fsp3) is 0.182. The van der Waals surface area contributed by atoms with Gasteiger partial charge >= 0.3 is 18.3 Å². The van der Waals surface area contributed by atoms with Crippen LogP contribution in [0.3, 0.4) is 0 Å². The van der Waals surface area contributed by atoms with Crippen molar-refractivity contribution < 1.29 is 36.2 Å². The minimum Gasteiger partial charge on any atom is -0.478 e. The Morgan fingerprint density at radius 2 is 1.77 bits per heavy atom. The molecule has 0 unspecified atom stereocenters. The van der Waals surface area contributed by atoms with Crippen LogP contribution in [0, 0.1) is 0 Å². The molecule has 1 rings (SSSR count). The molecule has 0 aromatic heterocycles. The highest BCUT2D eigenvalue weighted by molar-refractivity contribution is 5.92. The van der Waals surface area contributed by atoms with Gasteiger partial charge in [0.05, 0.1) is 11.1 Å². The molecule has 1 aromatic carbocycles. The summed E-state index contributed by atoms with van der Waals surface area (Å²) >= 11 is 0. The Kier molecular flexibility index (Phi) is 4.72. The molecule has 0 atom stereocenters. The number of nitrogens with zero attached hydrogens (tertiary/aromatic N) is 3. The van der Waals surface area contributed by atoms with E-state index in [9.17, 15) is 31.1 Å². The molecular weight excluding hydrogens is 320 g/mol. The molecule has 0 saturated carbocycles. The Morgan fingerprint density at radius 3 is 2.18 bits per heavy atom. The van der Waals surface area contributed by atoms with Crippen molar-refractivity contribution in [2.75, 3.05) is 0 Å². The van der Waals surface area contributed by atoms with Gasteiger partial charge in [0.1, 0.15) is 5.70 Å². The van der Waals surface area contributed by atoms with E-state index >= 15 is 0 Å². The van der Waals surface area contributed by atoms with Gasteiger partial charge in [-0.3, -0.25) is 0 Å². The Hall–Kier alpha value is -2.68. The number of alkyl halides is 6. The second kappa shape index (κ2) is 5.98. The van der Waals surface area contributed by atoms with E-state index in [1.54, 1.807) is 0 Å². The molecule has 22 heavy (non-hydrogen) atoms. The zero-order valence-corrected chi connectivity index (χ0v) is 10.3. The number of hydrogen-bond donors (Lipinski definition) is 1. The zero-order chi connectivity index (χ0) is 17.1. The van der Waals surface area contributed by atoms with Gasteiger partial charge in [-0.25, -0.2) is 4.79 Å². The van der Waals surface area contributed by atoms with Gasteiger partial charge in [0.25, 0.3) is 0 Å². The van der Waals surface area contributed by atoms with Gasteiger partial charge in [-0.2, -0.15) is 26.3 Å². The summed E-state index contributed by atoms with van der Waals surface area (Å²) < 4.78 is 75.8. The van der Waals surface area contributed by atoms with E-state index in [0.29, 0.717) is 18.2 Å². The Balaban J connectivity index is 3.58. The number of carboxylic acids is 1. The Labute approximate surface area is 118 Å². The third-order valence-corrected chi connectivity index (χ3v) is 2.35. The number of aliphatic carboxylic acids is 1. The summed E-state index contributed by atoms with van der Waals surface area (Å²) in [4.78, 5) is 12.8. The molecule has 0 aliphatic carbocycles. The first kappa shape index (κ1) is 17.4. The molecule has 1 N–H and O–H groups in total. The lowest BCUT2D eigenvalue weighted by atomic mass is 10.0. The lowest BCUT2D eigenvalue weighted by molar-refractivity contribution is -0.143. The van der Waals surface area contributed by atoms with Gasteiger partial charge in [0.2, 0.25) is 0 Å². The van der Waals surface area contributed by atoms with E-state index in [2.05, 4.69) is 10.0 Å². The van der Waals surface area contributed by atoms with Gasteiger partial charge in [0.15, 0.2) is 0 Å². The number of carbonyl (C=O) groups is 1. The minimum absolute atomic E-state index is 0.151. The molecule has 0 spiro atoms. The van der Waals surface area contributed by atoms with Crippen molar-refractivity contribution in [1.29, 1.82) is 0 Å². The molecular formula is C11H5F6N3O2. The van der Waals surface area contributed by atoms with Gasteiger partial charge < -0.3 is 5.11 Å². The van der Waals surface area contributed by atoms with Gasteiger partial charge in [-0.15, -0.1) is 0 Å². The standard InChI is InChI=1S/C11H5F6N3O2/c12-10(13,14)6-2-1-5(7(4-6)11(15,16)17)3-8(9(21)22)19-20-18/h1-4H,(H,21,22). The van der Waals surface area contributed by atoms with Crippen LogP contribution in [0.25, 0.3) is 16.5 Å². The quantitative estimate of drug-likeness (QED) is 0.292. The van der Waals surface area contributed by atoms with E-state index in [1.807, 2.05) is 0 Å². The van der Waals surface area contributed by atoms with Crippen LogP contribution in [0.1, 0.15) is 16.7 Å². The van der Waals surface area contributed by atoms with Crippen molar-refractivity contribution in [2.45, 2.75) is 12.4 Å². The number of azide groups is 1. The molecule has 0 heterocycles. The predicted molar refractivity (Wildman–Crippen MR) is 61.2 cm³/mol. The van der Waals surface area contributed by atoms with Crippen LogP contribution in [0.4, 0.5) is 26.3 Å². The number of rotatable bonds is 3. The van der Waals surface area contributed by atoms with Crippen LogP contribution in [0.2, 0.25) is 0 Å². The molecule has 11 heteroatoms. The first-order valence-electron chi connectivity index (χ1n) is 5.25. The summed E-state index contributed by atoms with van der Waals surface area (Å²) in [5.41, 5.74) is 2.92. The highest BCUT2D eigenvalue weighted by Crippen LogP contribution is 2.38. The molecule has 0 fully saturated rings. The van der Waals surface area contributed by atoms with Crippen molar-refractivity contribution in [1.82, 2.24) is 0 Å². The van der Waals surface area contributed by atoms with Crippen LogP contribution in [0.15, 0.2) is 29.0 Å². The first-order valence-corrected chi connectivity index (χ1v) is 5.25. The Bertz CT molecular complexity index is 667. The molecule has 0 aliphatic rings. The SMILES string of the molecule is [N-]=[N+]=NC(=Cc1ccc(C(F)(F)F)cc1C(F)(F)F)C(=O)O. The molecule has 0 radical (unpaired) electrons. The molecule has 0 aliphatic heterocycles. The largest absolute Gasteiger partial charge is 0.478 e. The van der Waals surface area contributed by atoms with Gasteiger partial charge in [-0.1, -0.05) is 11.2 Å². The molecule has 0 amide bonds. The molecule has 1 aromatic rings. The first-order chi connectivity index (χ1) is 9.96. The molecule has 0 bridgehead atoms. The smallest absolute Gasteiger partial charge is 0.417 e. The molecule has 0 saturated heterocycles. The predicted octanol–water partition coefficient (Wildman–Crippen LogP) is 4.46. The van der Waals surface area contributed by atoms with E-state index < -0.39 is 40.7 Å². The van der Waals surface area contributed by atoms with E-state index in [1.165, 1.54) is 0 Å². The highest BCUT2D eigenvalue weighted by Gasteiger charge is 2.37. The van der Waals surface area contributed by atoms with Crippen molar-refractivity contribution in [3.63, 3.8) is 0 Å². The second-order valence-electron chi connectivity index (χ2n) is 3.82. The summed E-state index contributed by atoms with van der Waals surface area (Å²) in [7, 11) is 0. The van der Waals surface area contributed by atoms with Crippen LogP contribution >= 0.6 is 0 Å². The summed E-state index contributed by atoms with van der Waals surface area (Å²) in [6.45, 7) is 0. The van der Waals surface area contributed by atoms with E-state index in [0.717, 1.165) is 0 Å². The third kappa shape index (κ3) is 4.16. The van der Waals surface area contributed by atoms with Crippen LogP contribution < -0.4 is 0 Å². The maximum absolute atomic E-state index is 12.8. The van der Waals surface area contributed by atoms with Crippen molar-refractivity contribution in [2.24, 2.45) is 5.11 Å². The normalized spacial score (nSPS) is 12.7. The van der Waals surface area contributed by atoms with Crippen LogP contribution in [-0.2, 0) is 17.1 Å². The van der Waals surface area contributed by atoms with Crippen molar-refractivity contribution >= 4 is 12.0 Å². The number of halogens is 6. The molecule has 118 valence electrons. The summed E-state index contributed by atoms with van der Waals surface area (Å²) in [5, 5.41) is 11.3. The number of benzene rings is 1. The monoisotopic (exact) mass is 325 g/mol. The van der Waals surface area contributed by atoms with Gasteiger partial charge in [0, 0.05) is 4.91 Å². The van der Waals surface area contributed by atoms with Crippen LogP contribution in [-0.4, -0.2) is 11.1 Å². The topological polar surface area (TPSA) is 86.1 Å². The maximum atomic E-state index is 12.8. The van der Waals surface area contributed by atoms with Crippen molar-refractivity contribution in [3.05, 3.63) is 51.0 Å². The fourth-order valence-corrected chi connectivity index (χ4v) is 1.43. The average molecular weight is 325 g/mol. The lowest BCUT2D eigenvalue weighted by Gasteiger charge is -2.14. The summed E-state index contributed by atoms with van der Waals surface area (Å²) in [5.74, 6) is -1.83. The third-order valence-electron chi connectivity index (χ3n) is 2.35. The van der Waals surface area contributed by atoms with Gasteiger partial charge in [-0.05, 0) is 29.3 Å². The lowest BCUT2D eigenvalue weighted by Crippen LogP contribution is -2.12. The second-order valence-corrected chi connectivity index (χ2v) is 3.82. The number of hydrogen-bond acceptors (Lipinski definition) is 2. The van der Waals surface area contributed by atoms with Crippen LogP contribution in [0.5, 0.6) is 0 Å². The maximum Gasteiger partial charge on any atom is 0.417 e. The molecule has 5 nitrogen and oxygen atoms in total. The Morgan fingerprint density at radius 1 is 1.18 bits per heavy atom. The zero-order valence-electron chi connectivity index (χ0n) is 10.3. The average Bonchev–Trinajstić information content (AvgIpc) is 2.35. The summed E-state index contributed by atoms with van der Waals surface area (Å²) in [6, 6.07) is 0.652.